The SMILES string of the molecule is Cn1c2ccccc2c2[pH]c3ccccc3c21. The Labute approximate surface area is 101 Å². The summed E-state index contributed by atoms with van der Waals surface area (Å²) in [4.78, 5) is 0. The van der Waals surface area contributed by atoms with Gasteiger partial charge in [0.15, 0.2) is 0 Å². The molecule has 0 amide bonds. The third-order valence-corrected chi connectivity index (χ3v) is 5.01. The summed E-state index contributed by atoms with van der Waals surface area (Å²) >= 11 is 0. The van der Waals surface area contributed by atoms with Crippen molar-refractivity contribution in [3.8, 4) is 0 Å². The first-order valence-corrected chi connectivity index (χ1v) is 6.80. The molecule has 1 unspecified atom stereocenters. The highest BCUT2D eigenvalue weighted by Crippen LogP contribution is 2.42. The standard InChI is InChI=1S/C15H12NP/c1-16-12-8-4-2-6-10(12)15-14(16)11-7-3-5-9-13(11)17-15/h2-9,17H,1H3. The lowest BCUT2D eigenvalue weighted by Gasteiger charge is -1.98. The molecule has 2 aromatic carbocycles. The molecule has 1 atom stereocenters. The predicted molar refractivity (Wildman–Crippen MR) is 77.4 cm³/mol. The smallest absolute Gasteiger partial charge is 0.0609 e. The lowest BCUT2D eigenvalue weighted by Crippen LogP contribution is -1.85. The van der Waals surface area contributed by atoms with E-state index in [2.05, 4.69) is 60.1 Å². The molecule has 2 heteroatoms. The van der Waals surface area contributed by atoms with Gasteiger partial charge >= 0.3 is 0 Å². The van der Waals surface area contributed by atoms with Crippen molar-refractivity contribution in [1.82, 2.24) is 4.57 Å². The lowest BCUT2D eigenvalue weighted by atomic mass is 10.2. The maximum absolute atomic E-state index is 2.34. The highest BCUT2D eigenvalue weighted by molar-refractivity contribution is 7.44. The van der Waals surface area contributed by atoms with Crippen LogP contribution < -0.4 is 0 Å². The Hall–Kier alpha value is -1.72. The molecule has 4 rings (SSSR count). The Morgan fingerprint density at radius 2 is 1.59 bits per heavy atom. The zero-order valence-electron chi connectivity index (χ0n) is 9.57. The van der Waals surface area contributed by atoms with Gasteiger partial charge in [-0.3, -0.25) is 0 Å². The second kappa shape index (κ2) is 3.15. The van der Waals surface area contributed by atoms with Crippen molar-refractivity contribution in [3.05, 3.63) is 48.5 Å². The van der Waals surface area contributed by atoms with Gasteiger partial charge in [0.2, 0.25) is 0 Å². The van der Waals surface area contributed by atoms with Crippen molar-refractivity contribution in [2.24, 2.45) is 7.05 Å². The molecule has 0 bridgehead atoms. The van der Waals surface area contributed by atoms with Crippen molar-refractivity contribution in [1.29, 1.82) is 0 Å². The van der Waals surface area contributed by atoms with Crippen LogP contribution in [0.4, 0.5) is 0 Å². The van der Waals surface area contributed by atoms with Crippen molar-refractivity contribution >= 4 is 40.2 Å². The summed E-state index contributed by atoms with van der Waals surface area (Å²) in [5.74, 6) is 0. The summed E-state index contributed by atoms with van der Waals surface area (Å²) in [5, 5.41) is 5.84. The van der Waals surface area contributed by atoms with E-state index in [1.807, 2.05) is 0 Å². The van der Waals surface area contributed by atoms with Crippen LogP contribution >= 0.6 is 8.19 Å². The number of rotatable bonds is 0. The van der Waals surface area contributed by atoms with Crippen LogP contribution in [0, 0.1) is 0 Å². The number of fused-ring (bicyclic) bond motifs is 5. The zero-order valence-corrected chi connectivity index (χ0v) is 10.6. The molecule has 0 spiro atoms. The average molecular weight is 237 g/mol. The molecule has 0 saturated carbocycles. The predicted octanol–water partition coefficient (Wildman–Crippen LogP) is 4.52. The van der Waals surface area contributed by atoms with Crippen LogP contribution in [0.5, 0.6) is 0 Å². The molecule has 17 heavy (non-hydrogen) atoms. The van der Waals surface area contributed by atoms with E-state index in [-0.39, 0.29) is 0 Å². The summed E-state index contributed by atoms with van der Waals surface area (Å²) < 4.78 is 2.34. The Balaban J connectivity index is 2.40. The maximum Gasteiger partial charge on any atom is 0.0609 e. The minimum absolute atomic E-state index is 0.805. The van der Waals surface area contributed by atoms with Gasteiger partial charge in [-0.05, 0) is 6.07 Å². The summed E-state index contributed by atoms with van der Waals surface area (Å²) in [6.45, 7) is 0. The Kier molecular flexibility index (Phi) is 1.73. The summed E-state index contributed by atoms with van der Waals surface area (Å²) in [7, 11) is 2.98. The molecule has 2 heterocycles. The van der Waals surface area contributed by atoms with E-state index in [1.165, 1.54) is 32.0 Å². The second-order valence-electron chi connectivity index (χ2n) is 4.47. The number of hydrogen-bond acceptors (Lipinski definition) is 0. The number of nitrogens with zero attached hydrogens (tertiary/aromatic N) is 1. The minimum Gasteiger partial charge on any atom is -0.343 e. The molecular weight excluding hydrogens is 225 g/mol. The van der Waals surface area contributed by atoms with Gasteiger partial charge in [-0.15, -0.1) is 8.19 Å². The fraction of sp³-hybridized carbons (Fsp3) is 0.0667. The summed E-state index contributed by atoms with van der Waals surface area (Å²) in [6, 6.07) is 17.5. The van der Waals surface area contributed by atoms with Gasteiger partial charge in [0.25, 0.3) is 0 Å². The van der Waals surface area contributed by atoms with E-state index >= 15 is 0 Å². The Morgan fingerprint density at radius 3 is 2.47 bits per heavy atom. The molecule has 0 fully saturated rings. The normalized spacial score (nSPS) is 12.3. The minimum atomic E-state index is 0.805. The van der Waals surface area contributed by atoms with Crippen LogP contribution in [0.2, 0.25) is 0 Å². The number of hydrogen-bond donors (Lipinski definition) is 0. The molecule has 0 N–H and O–H groups in total. The van der Waals surface area contributed by atoms with Gasteiger partial charge in [0.05, 0.1) is 5.52 Å². The second-order valence-corrected chi connectivity index (χ2v) is 5.76. The first-order valence-electron chi connectivity index (χ1n) is 5.80. The van der Waals surface area contributed by atoms with E-state index in [4.69, 9.17) is 0 Å². The molecule has 4 aromatic rings. The van der Waals surface area contributed by atoms with Gasteiger partial charge in [0.1, 0.15) is 0 Å². The highest BCUT2D eigenvalue weighted by atomic mass is 31.0. The molecule has 0 aliphatic carbocycles. The van der Waals surface area contributed by atoms with E-state index in [1.54, 1.807) is 0 Å². The quantitative estimate of drug-likeness (QED) is 0.424. The lowest BCUT2D eigenvalue weighted by molar-refractivity contribution is 1.02. The fourth-order valence-electron chi connectivity index (χ4n) is 2.77. The maximum atomic E-state index is 2.34. The highest BCUT2D eigenvalue weighted by Gasteiger charge is 2.11. The first kappa shape index (κ1) is 9.32. The van der Waals surface area contributed by atoms with Crippen LogP contribution in [-0.2, 0) is 7.05 Å². The third kappa shape index (κ3) is 1.10. The topological polar surface area (TPSA) is 4.93 Å². The molecule has 0 radical (unpaired) electrons. The van der Waals surface area contributed by atoms with Gasteiger partial charge in [-0.2, -0.15) is 0 Å². The monoisotopic (exact) mass is 237 g/mol. The molecule has 0 aliphatic heterocycles. The van der Waals surface area contributed by atoms with Gasteiger partial charge in [-0.25, -0.2) is 0 Å². The molecule has 0 saturated heterocycles. The summed E-state index contributed by atoms with van der Waals surface area (Å²) in [5.41, 5.74) is 2.76. The number of benzene rings is 2. The summed E-state index contributed by atoms with van der Waals surface area (Å²) in [6.07, 6.45) is 0. The molecule has 1 nitrogen and oxygen atoms in total. The molecule has 0 aliphatic rings. The zero-order chi connectivity index (χ0) is 11.4. The van der Waals surface area contributed by atoms with Crippen molar-refractivity contribution in [2.75, 3.05) is 0 Å². The molecule has 2 aromatic heterocycles. The number of aryl methyl sites for hydroxylation is 1. The van der Waals surface area contributed by atoms with E-state index in [9.17, 15) is 0 Å². The largest absolute Gasteiger partial charge is 0.343 e. The van der Waals surface area contributed by atoms with Crippen LogP contribution in [0.15, 0.2) is 48.5 Å². The van der Waals surface area contributed by atoms with Gasteiger partial charge in [0, 0.05) is 33.6 Å². The molecular formula is C15H12NP. The average Bonchev–Trinajstić information content (AvgIpc) is 2.88. The van der Waals surface area contributed by atoms with Crippen LogP contribution in [0.1, 0.15) is 0 Å². The number of para-hydroxylation sites is 1. The van der Waals surface area contributed by atoms with Crippen LogP contribution in [-0.4, -0.2) is 4.57 Å². The third-order valence-electron chi connectivity index (χ3n) is 3.55. The number of aromatic nitrogens is 1. The van der Waals surface area contributed by atoms with E-state index in [0.717, 1.165) is 8.19 Å². The van der Waals surface area contributed by atoms with Gasteiger partial charge in [-0.1, -0.05) is 42.5 Å². The van der Waals surface area contributed by atoms with Crippen molar-refractivity contribution < 1.29 is 0 Å². The fourth-order valence-corrected chi connectivity index (χ4v) is 4.32. The Morgan fingerprint density at radius 1 is 0.882 bits per heavy atom. The van der Waals surface area contributed by atoms with Crippen LogP contribution in [0.25, 0.3) is 32.0 Å². The molecule has 82 valence electrons. The van der Waals surface area contributed by atoms with Crippen molar-refractivity contribution in [3.63, 3.8) is 0 Å². The van der Waals surface area contributed by atoms with Gasteiger partial charge < -0.3 is 4.57 Å². The van der Waals surface area contributed by atoms with E-state index in [0.29, 0.717) is 0 Å². The van der Waals surface area contributed by atoms with Crippen LogP contribution in [0.3, 0.4) is 0 Å². The van der Waals surface area contributed by atoms with E-state index < -0.39 is 0 Å². The Bertz CT molecular complexity index is 845. The van der Waals surface area contributed by atoms with Crippen molar-refractivity contribution in [2.45, 2.75) is 0 Å². The first-order chi connectivity index (χ1) is 8.36.